The van der Waals surface area contributed by atoms with Gasteiger partial charge in [-0.2, -0.15) is 0 Å². The van der Waals surface area contributed by atoms with Crippen LogP contribution in [0.25, 0.3) is 0 Å². The topological polar surface area (TPSA) is 30.5 Å². The third-order valence-electron chi connectivity index (χ3n) is 2.42. The molecule has 0 saturated heterocycles. The van der Waals surface area contributed by atoms with Crippen LogP contribution >= 0.6 is 11.6 Å². The van der Waals surface area contributed by atoms with Crippen molar-refractivity contribution in [2.75, 3.05) is 21.3 Å². The molecule has 0 heterocycles. The zero-order valence-corrected chi connectivity index (χ0v) is 10.2. The molecule has 1 atom stereocenters. The number of ether oxygens (including phenoxy) is 2. The lowest BCUT2D eigenvalue weighted by Gasteiger charge is -2.17. The molecular weight excluding hydrogens is 214 g/mol. The van der Waals surface area contributed by atoms with E-state index in [0.29, 0.717) is 16.5 Å². The van der Waals surface area contributed by atoms with Gasteiger partial charge in [0.25, 0.3) is 0 Å². The van der Waals surface area contributed by atoms with E-state index >= 15 is 0 Å². The van der Waals surface area contributed by atoms with Gasteiger partial charge < -0.3 is 14.8 Å². The second-order valence-corrected chi connectivity index (χ2v) is 3.59. The van der Waals surface area contributed by atoms with Crippen LogP contribution in [0.3, 0.4) is 0 Å². The van der Waals surface area contributed by atoms with Gasteiger partial charge in [0, 0.05) is 11.6 Å². The molecule has 0 spiro atoms. The average molecular weight is 230 g/mol. The van der Waals surface area contributed by atoms with Gasteiger partial charge in [0.1, 0.15) is 16.5 Å². The van der Waals surface area contributed by atoms with Crippen LogP contribution in [0, 0.1) is 0 Å². The molecule has 0 aliphatic heterocycles. The van der Waals surface area contributed by atoms with Crippen LogP contribution in [0.1, 0.15) is 18.5 Å². The standard InChI is InChI=1S/C11H16ClNO2/c1-7(13-2)8-5-6-9(14-3)10(12)11(8)15-4/h5-7,13H,1-4H3. The summed E-state index contributed by atoms with van der Waals surface area (Å²) >= 11 is 6.14. The first-order valence-corrected chi connectivity index (χ1v) is 5.11. The maximum atomic E-state index is 6.14. The molecule has 0 bridgehead atoms. The van der Waals surface area contributed by atoms with Crippen molar-refractivity contribution in [1.29, 1.82) is 0 Å². The molecule has 0 aliphatic carbocycles. The minimum absolute atomic E-state index is 0.184. The molecule has 84 valence electrons. The molecule has 0 radical (unpaired) electrons. The number of hydrogen-bond acceptors (Lipinski definition) is 3. The number of hydrogen-bond donors (Lipinski definition) is 1. The SMILES string of the molecule is CNC(C)c1ccc(OC)c(Cl)c1OC. The summed E-state index contributed by atoms with van der Waals surface area (Å²) in [5, 5.41) is 3.65. The maximum absolute atomic E-state index is 6.14. The number of nitrogens with one attached hydrogen (secondary N) is 1. The highest BCUT2D eigenvalue weighted by molar-refractivity contribution is 6.33. The van der Waals surface area contributed by atoms with Crippen LogP contribution < -0.4 is 14.8 Å². The minimum Gasteiger partial charge on any atom is -0.495 e. The Kier molecular flexibility index (Phi) is 4.24. The molecule has 1 unspecified atom stereocenters. The zero-order valence-electron chi connectivity index (χ0n) is 9.43. The third kappa shape index (κ3) is 2.36. The fourth-order valence-corrected chi connectivity index (χ4v) is 1.74. The van der Waals surface area contributed by atoms with Gasteiger partial charge in [-0.3, -0.25) is 0 Å². The molecule has 1 aromatic carbocycles. The van der Waals surface area contributed by atoms with Crippen molar-refractivity contribution >= 4 is 11.6 Å². The lowest BCUT2D eigenvalue weighted by molar-refractivity contribution is 0.387. The van der Waals surface area contributed by atoms with E-state index in [4.69, 9.17) is 21.1 Å². The number of rotatable bonds is 4. The van der Waals surface area contributed by atoms with Crippen LogP contribution in [0.2, 0.25) is 5.02 Å². The third-order valence-corrected chi connectivity index (χ3v) is 2.77. The fourth-order valence-electron chi connectivity index (χ4n) is 1.41. The minimum atomic E-state index is 0.184. The van der Waals surface area contributed by atoms with Crippen LogP contribution in [0.15, 0.2) is 12.1 Å². The molecule has 3 nitrogen and oxygen atoms in total. The Morgan fingerprint density at radius 3 is 2.40 bits per heavy atom. The van der Waals surface area contributed by atoms with E-state index in [1.807, 2.05) is 26.1 Å². The van der Waals surface area contributed by atoms with Crippen molar-refractivity contribution in [3.63, 3.8) is 0 Å². The van der Waals surface area contributed by atoms with E-state index in [2.05, 4.69) is 5.32 Å². The van der Waals surface area contributed by atoms with E-state index in [1.54, 1.807) is 14.2 Å². The van der Waals surface area contributed by atoms with Gasteiger partial charge in [0.2, 0.25) is 0 Å². The van der Waals surface area contributed by atoms with Crippen LogP contribution in [-0.2, 0) is 0 Å². The molecule has 1 rings (SSSR count). The molecular formula is C11H16ClNO2. The van der Waals surface area contributed by atoms with Crippen LogP contribution in [0.4, 0.5) is 0 Å². The van der Waals surface area contributed by atoms with Crippen LogP contribution in [0.5, 0.6) is 11.5 Å². The highest BCUT2D eigenvalue weighted by atomic mass is 35.5. The summed E-state index contributed by atoms with van der Waals surface area (Å²) in [5.41, 5.74) is 1.02. The number of benzene rings is 1. The van der Waals surface area contributed by atoms with E-state index in [0.717, 1.165) is 5.56 Å². The first kappa shape index (κ1) is 12.1. The summed E-state index contributed by atoms with van der Waals surface area (Å²) in [7, 11) is 5.08. The Morgan fingerprint density at radius 1 is 1.27 bits per heavy atom. The van der Waals surface area contributed by atoms with E-state index in [-0.39, 0.29) is 6.04 Å². The summed E-state index contributed by atoms with van der Waals surface area (Å²) < 4.78 is 10.4. The molecule has 1 N–H and O–H groups in total. The second kappa shape index (κ2) is 5.24. The van der Waals surface area contributed by atoms with Crippen molar-refractivity contribution in [2.24, 2.45) is 0 Å². The molecule has 4 heteroatoms. The summed E-state index contributed by atoms with van der Waals surface area (Å²) in [6.07, 6.45) is 0. The van der Waals surface area contributed by atoms with Gasteiger partial charge in [-0.15, -0.1) is 0 Å². The highest BCUT2D eigenvalue weighted by Crippen LogP contribution is 2.39. The second-order valence-electron chi connectivity index (χ2n) is 3.21. The number of methoxy groups -OCH3 is 2. The molecule has 0 aliphatic rings. The summed E-state index contributed by atoms with van der Waals surface area (Å²) in [6, 6.07) is 3.97. The van der Waals surface area contributed by atoms with E-state index < -0.39 is 0 Å². The Bertz CT molecular complexity index is 342. The van der Waals surface area contributed by atoms with E-state index in [9.17, 15) is 0 Å². The highest BCUT2D eigenvalue weighted by Gasteiger charge is 2.16. The normalized spacial score (nSPS) is 12.3. The lowest BCUT2D eigenvalue weighted by atomic mass is 10.1. The summed E-state index contributed by atoms with van der Waals surface area (Å²) in [5.74, 6) is 1.29. The predicted octanol–water partition coefficient (Wildman–Crippen LogP) is 2.64. The van der Waals surface area contributed by atoms with Crippen molar-refractivity contribution in [2.45, 2.75) is 13.0 Å². The van der Waals surface area contributed by atoms with Gasteiger partial charge in [-0.25, -0.2) is 0 Å². The quantitative estimate of drug-likeness (QED) is 0.861. The molecule has 1 aromatic rings. The van der Waals surface area contributed by atoms with Crippen molar-refractivity contribution in [1.82, 2.24) is 5.32 Å². The van der Waals surface area contributed by atoms with Crippen LogP contribution in [-0.4, -0.2) is 21.3 Å². The average Bonchev–Trinajstić information content (AvgIpc) is 2.27. The summed E-state index contributed by atoms with van der Waals surface area (Å²) in [4.78, 5) is 0. The monoisotopic (exact) mass is 229 g/mol. The van der Waals surface area contributed by atoms with E-state index in [1.165, 1.54) is 0 Å². The molecule has 0 aromatic heterocycles. The maximum Gasteiger partial charge on any atom is 0.146 e. The predicted molar refractivity (Wildman–Crippen MR) is 62.0 cm³/mol. The Labute approximate surface area is 95.3 Å². The smallest absolute Gasteiger partial charge is 0.146 e. The first-order chi connectivity index (χ1) is 7.15. The fraction of sp³-hybridized carbons (Fsp3) is 0.455. The van der Waals surface area contributed by atoms with Gasteiger partial charge >= 0.3 is 0 Å². The van der Waals surface area contributed by atoms with Gasteiger partial charge in [-0.1, -0.05) is 11.6 Å². The van der Waals surface area contributed by atoms with Crippen molar-refractivity contribution in [3.05, 3.63) is 22.7 Å². The largest absolute Gasteiger partial charge is 0.495 e. The van der Waals surface area contributed by atoms with Crippen molar-refractivity contribution < 1.29 is 9.47 Å². The van der Waals surface area contributed by atoms with Gasteiger partial charge in [-0.05, 0) is 26.1 Å². The zero-order chi connectivity index (χ0) is 11.4. The molecule has 0 amide bonds. The van der Waals surface area contributed by atoms with Gasteiger partial charge in [0.05, 0.1) is 14.2 Å². The molecule has 0 saturated carbocycles. The lowest BCUT2D eigenvalue weighted by Crippen LogP contribution is -2.13. The van der Waals surface area contributed by atoms with Gasteiger partial charge in [0.15, 0.2) is 0 Å². The Morgan fingerprint density at radius 2 is 1.93 bits per heavy atom. The summed E-state index contributed by atoms with van der Waals surface area (Å²) in [6.45, 7) is 2.04. The Balaban J connectivity index is 3.24. The number of halogens is 1. The van der Waals surface area contributed by atoms with Crippen molar-refractivity contribution in [3.8, 4) is 11.5 Å². The molecule has 0 fully saturated rings. The Hall–Kier alpha value is -0.930. The first-order valence-electron chi connectivity index (χ1n) is 4.73. The molecule has 15 heavy (non-hydrogen) atoms.